The predicted octanol–water partition coefficient (Wildman–Crippen LogP) is 5.44. The van der Waals surface area contributed by atoms with Crippen LogP contribution in [0.1, 0.15) is 81.7 Å². The second-order valence-corrected chi connectivity index (χ2v) is 11.9. The molecule has 1 N–H and O–H groups in total. The van der Waals surface area contributed by atoms with Gasteiger partial charge in [0.15, 0.2) is 5.78 Å². The van der Waals surface area contributed by atoms with E-state index in [0.717, 1.165) is 35.1 Å². The van der Waals surface area contributed by atoms with E-state index in [1.165, 1.54) is 6.20 Å². The van der Waals surface area contributed by atoms with Crippen LogP contribution in [0.2, 0.25) is 0 Å². The molecule has 10 heteroatoms. The van der Waals surface area contributed by atoms with Crippen molar-refractivity contribution >= 4 is 58.1 Å². The van der Waals surface area contributed by atoms with E-state index in [0.29, 0.717) is 66.6 Å². The zero-order valence-corrected chi connectivity index (χ0v) is 24.3. The Morgan fingerprint density at radius 1 is 1.07 bits per heavy atom. The van der Waals surface area contributed by atoms with Gasteiger partial charge >= 0.3 is 35.5 Å². The van der Waals surface area contributed by atoms with Gasteiger partial charge in [-0.3, -0.25) is 14.6 Å². The van der Waals surface area contributed by atoms with Gasteiger partial charge in [0.1, 0.15) is 17.1 Å². The molecule has 1 spiro atoms. The van der Waals surface area contributed by atoms with Gasteiger partial charge < -0.3 is 24.0 Å². The second-order valence-electron chi connectivity index (χ2n) is 11.9. The number of ether oxygens (including phenoxy) is 2. The van der Waals surface area contributed by atoms with Crippen molar-refractivity contribution in [2.75, 3.05) is 19.7 Å². The average molecular weight is 604 g/mol. The first kappa shape index (κ1) is 30.4. The number of rotatable bonds is 6. The number of ketones is 1. The topological polar surface area (TPSA) is 111 Å². The molecule has 3 aliphatic rings. The van der Waals surface area contributed by atoms with Gasteiger partial charge in [-0.05, 0) is 68.1 Å². The van der Waals surface area contributed by atoms with E-state index in [4.69, 9.17) is 9.47 Å². The Balaban J connectivity index is 0.00000343. The number of carbonyl (C=O) groups is 3. The molecule has 4 heterocycles. The maximum atomic E-state index is 13.8. The van der Waals surface area contributed by atoms with E-state index in [9.17, 15) is 19.5 Å². The Hall–Kier alpha value is -3.66. The van der Waals surface area contributed by atoms with Crippen LogP contribution in [0.25, 0.3) is 22.0 Å². The molecule has 2 aromatic heterocycles. The van der Waals surface area contributed by atoms with Crippen LogP contribution in [0, 0.1) is 6.92 Å². The number of hydrogen-bond donors (Lipinski definition) is 1. The van der Waals surface area contributed by atoms with Crippen molar-refractivity contribution in [3.8, 4) is 22.6 Å². The number of benzene rings is 2. The van der Waals surface area contributed by atoms with Crippen LogP contribution >= 0.6 is 0 Å². The minimum absolute atomic E-state index is 0. The fourth-order valence-electron chi connectivity index (χ4n) is 6.56. The summed E-state index contributed by atoms with van der Waals surface area (Å²) in [6.45, 7) is 5.53. The number of carbonyl (C=O) groups excluding carboxylic acids is 2. The Labute approximate surface area is 277 Å². The molecule has 2 fully saturated rings. The number of aromatic carboxylic acids is 1. The summed E-state index contributed by atoms with van der Waals surface area (Å²) in [6, 6.07) is 11.2. The van der Waals surface area contributed by atoms with Crippen LogP contribution in [-0.4, -0.2) is 92.1 Å². The SMILES string of the molecule is CCOc1cc(C(=O)N2CCC3(CC2)CC(=O)c2cc(-c4cncc(C(=O)O)c4)ccc2O3)cc2c1c(C)cn2C1CC1.[NaH]. The Bertz CT molecular complexity index is 1800. The molecule has 1 amide bonds. The summed E-state index contributed by atoms with van der Waals surface area (Å²) >= 11 is 0. The summed E-state index contributed by atoms with van der Waals surface area (Å²) in [5, 5.41) is 10.4. The van der Waals surface area contributed by atoms with E-state index in [2.05, 4.69) is 22.7 Å². The molecule has 1 saturated heterocycles. The summed E-state index contributed by atoms with van der Waals surface area (Å²) in [4.78, 5) is 44.4. The number of pyridine rings is 1. The number of aryl methyl sites for hydroxylation is 1. The van der Waals surface area contributed by atoms with Crippen molar-refractivity contribution in [2.45, 2.75) is 57.6 Å². The van der Waals surface area contributed by atoms with Gasteiger partial charge in [0.05, 0.1) is 29.7 Å². The predicted molar refractivity (Wildman–Crippen MR) is 167 cm³/mol. The molecule has 44 heavy (non-hydrogen) atoms. The normalized spacial score (nSPS) is 17.1. The van der Waals surface area contributed by atoms with Crippen molar-refractivity contribution in [3.63, 3.8) is 0 Å². The zero-order chi connectivity index (χ0) is 29.9. The van der Waals surface area contributed by atoms with Crippen LogP contribution < -0.4 is 9.47 Å². The zero-order valence-electron chi connectivity index (χ0n) is 24.3. The third kappa shape index (κ3) is 5.42. The number of nitrogens with zero attached hydrogens (tertiary/aromatic N) is 3. The van der Waals surface area contributed by atoms with Crippen LogP contribution in [0.5, 0.6) is 11.5 Å². The number of hydrogen-bond acceptors (Lipinski definition) is 6. The van der Waals surface area contributed by atoms with Gasteiger partial charge in [-0.1, -0.05) is 6.07 Å². The summed E-state index contributed by atoms with van der Waals surface area (Å²) < 4.78 is 14.8. The number of fused-ring (bicyclic) bond motifs is 2. The summed E-state index contributed by atoms with van der Waals surface area (Å²) in [5.41, 5.74) is 4.04. The second kappa shape index (κ2) is 11.7. The van der Waals surface area contributed by atoms with Gasteiger partial charge in [-0.25, -0.2) is 4.79 Å². The van der Waals surface area contributed by atoms with Crippen molar-refractivity contribution < 1.29 is 29.0 Å². The Morgan fingerprint density at radius 2 is 1.84 bits per heavy atom. The molecule has 0 radical (unpaired) electrons. The molecule has 0 bridgehead atoms. The monoisotopic (exact) mass is 603 g/mol. The van der Waals surface area contributed by atoms with Gasteiger partial charge in [-0.2, -0.15) is 0 Å². The van der Waals surface area contributed by atoms with E-state index in [1.807, 2.05) is 30.0 Å². The molecule has 0 unspecified atom stereocenters. The average Bonchev–Trinajstić information content (AvgIpc) is 3.80. The molecule has 1 aliphatic carbocycles. The fraction of sp³-hybridized carbons (Fsp3) is 0.353. The fourth-order valence-corrected chi connectivity index (χ4v) is 6.56. The van der Waals surface area contributed by atoms with Crippen molar-refractivity contribution in [2.24, 2.45) is 0 Å². The Morgan fingerprint density at radius 3 is 2.55 bits per heavy atom. The molecule has 2 aliphatic heterocycles. The van der Waals surface area contributed by atoms with E-state index >= 15 is 0 Å². The quantitative estimate of drug-likeness (QED) is 0.293. The molecule has 1 saturated carbocycles. The third-order valence-corrected chi connectivity index (χ3v) is 8.94. The van der Waals surface area contributed by atoms with E-state index in [-0.39, 0.29) is 53.2 Å². The number of carboxylic acids is 1. The van der Waals surface area contributed by atoms with Gasteiger partial charge in [0.25, 0.3) is 5.91 Å². The molecule has 9 nitrogen and oxygen atoms in total. The van der Waals surface area contributed by atoms with Crippen molar-refractivity contribution in [1.29, 1.82) is 0 Å². The molecular formula is C34H34N3NaO6. The molecule has 0 atom stereocenters. The third-order valence-electron chi connectivity index (χ3n) is 8.94. The number of piperidine rings is 1. The van der Waals surface area contributed by atoms with Crippen LogP contribution in [0.4, 0.5) is 0 Å². The minimum atomic E-state index is -1.06. The van der Waals surface area contributed by atoms with Crippen LogP contribution in [-0.2, 0) is 0 Å². The van der Waals surface area contributed by atoms with Crippen LogP contribution in [0.3, 0.4) is 0 Å². The first-order chi connectivity index (χ1) is 20.7. The molecule has 7 rings (SSSR count). The van der Waals surface area contributed by atoms with Crippen molar-refractivity contribution in [3.05, 3.63) is 77.2 Å². The van der Waals surface area contributed by atoms with E-state index in [1.54, 1.807) is 24.4 Å². The number of carboxylic acid groups (broad SMARTS) is 1. The number of likely N-dealkylation sites (tertiary alicyclic amines) is 1. The molecular weight excluding hydrogens is 569 g/mol. The van der Waals surface area contributed by atoms with Gasteiger partial charge in [0, 0.05) is 67.1 Å². The van der Waals surface area contributed by atoms with E-state index < -0.39 is 11.6 Å². The number of Topliss-reactive ketones (excluding diaryl/α,β-unsaturated/α-hetero) is 1. The molecule has 4 aromatic rings. The van der Waals surface area contributed by atoms with Gasteiger partial charge in [0.2, 0.25) is 0 Å². The number of aromatic nitrogens is 2. The first-order valence-electron chi connectivity index (χ1n) is 14.9. The standard InChI is InChI=1S/C34H33N3O6.Na.H/c1-3-42-30-15-22(14-27-31(30)20(2)19-37(27)25-5-6-25)32(39)36-10-8-34(9-11-36)16-28(38)26-13-21(4-7-29(26)43-34)23-12-24(33(40)41)18-35-17-23;;/h4,7,12-15,17-19,25H,3,5-6,8-11,16H2,1-2H3,(H,40,41);;. The van der Waals surface area contributed by atoms with Gasteiger partial charge in [-0.15, -0.1) is 0 Å². The number of amides is 1. The summed E-state index contributed by atoms with van der Waals surface area (Å²) in [5.74, 6) is 0.148. The van der Waals surface area contributed by atoms with Crippen LogP contribution in [0.15, 0.2) is 55.0 Å². The Kier molecular flexibility index (Phi) is 8.07. The first-order valence-corrected chi connectivity index (χ1v) is 14.9. The summed E-state index contributed by atoms with van der Waals surface area (Å²) in [6.07, 6.45) is 8.68. The molecule has 2 aromatic carbocycles. The maximum absolute atomic E-state index is 13.8. The summed E-state index contributed by atoms with van der Waals surface area (Å²) in [7, 11) is 0. The van der Waals surface area contributed by atoms with Crippen molar-refractivity contribution in [1.82, 2.24) is 14.5 Å². The molecule has 222 valence electrons.